The van der Waals surface area contributed by atoms with Crippen LogP contribution in [-0.4, -0.2) is 18.7 Å². The Hall–Kier alpha value is -3.47. The van der Waals surface area contributed by atoms with Gasteiger partial charge in [-0.15, -0.1) is 0 Å². The number of carbonyl (C=O) groups is 2. The highest BCUT2D eigenvalue weighted by molar-refractivity contribution is 6.13. The maximum atomic E-state index is 13.2. The summed E-state index contributed by atoms with van der Waals surface area (Å²) in [4.78, 5) is 24.4. The maximum absolute atomic E-state index is 13.2. The molecule has 0 unspecified atom stereocenters. The first-order valence-electron chi connectivity index (χ1n) is 8.29. The summed E-state index contributed by atoms with van der Waals surface area (Å²) in [5.41, 5.74) is 0.574. The fourth-order valence-electron chi connectivity index (χ4n) is 2.50. The van der Waals surface area contributed by atoms with Crippen molar-refractivity contribution in [3.63, 3.8) is 0 Å². The molecule has 3 aromatic rings. The average molecular weight is 364 g/mol. The van der Waals surface area contributed by atoms with Gasteiger partial charge >= 0.3 is 0 Å². The molecule has 5 heteroatoms. The van der Waals surface area contributed by atoms with Gasteiger partial charge in [0.2, 0.25) is 0 Å². The van der Waals surface area contributed by atoms with Crippen LogP contribution >= 0.6 is 0 Å². The summed E-state index contributed by atoms with van der Waals surface area (Å²) in [6.45, 7) is 0. The first-order valence-corrected chi connectivity index (χ1v) is 8.29. The van der Waals surface area contributed by atoms with Gasteiger partial charge in [-0.05, 0) is 60.7 Å². The number of benzene rings is 3. The molecule has 0 saturated carbocycles. The molecule has 0 aliphatic rings. The minimum absolute atomic E-state index is 0.183. The van der Waals surface area contributed by atoms with Crippen molar-refractivity contribution in [2.24, 2.45) is 0 Å². The molecule has 0 atom stereocenters. The Morgan fingerprint density at radius 2 is 1.33 bits per heavy atom. The summed E-state index contributed by atoms with van der Waals surface area (Å²) in [5, 5.41) is 0. The van der Waals surface area contributed by atoms with Crippen LogP contribution in [0, 0.1) is 5.82 Å². The monoisotopic (exact) mass is 364 g/mol. The molecular weight excluding hydrogens is 347 g/mol. The molecule has 0 amide bonds. The van der Waals surface area contributed by atoms with E-state index in [1.165, 1.54) is 18.2 Å². The molecule has 0 radical (unpaired) electrons. The zero-order valence-corrected chi connectivity index (χ0v) is 14.6. The largest absolute Gasteiger partial charge is 0.497 e. The summed E-state index contributed by atoms with van der Waals surface area (Å²) in [6, 6.07) is 18.9. The van der Waals surface area contributed by atoms with Gasteiger partial charge in [0.15, 0.2) is 11.6 Å². The van der Waals surface area contributed by atoms with Gasteiger partial charge in [-0.3, -0.25) is 9.59 Å². The zero-order chi connectivity index (χ0) is 19.2. The number of hydrogen-bond donors (Lipinski definition) is 0. The lowest BCUT2D eigenvalue weighted by atomic mass is 10.0. The fourth-order valence-corrected chi connectivity index (χ4v) is 2.50. The van der Waals surface area contributed by atoms with Crippen LogP contribution in [0.5, 0.6) is 17.2 Å². The third-order valence-corrected chi connectivity index (χ3v) is 3.94. The quantitative estimate of drug-likeness (QED) is 0.433. The number of methoxy groups -OCH3 is 1. The summed E-state index contributed by atoms with van der Waals surface area (Å²) in [6.07, 6.45) is -0.317. The normalized spacial score (nSPS) is 10.3. The van der Waals surface area contributed by atoms with Crippen LogP contribution in [0.1, 0.15) is 27.1 Å². The summed E-state index contributed by atoms with van der Waals surface area (Å²) >= 11 is 0. The van der Waals surface area contributed by atoms with Gasteiger partial charge in [-0.25, -0.2) is 4.39 Å². The van der Waals surface area contributed by atoms with Gasteiger partial charge in [0.25, 0.3) is 0 Å². The topological polar surface area (TPSA) is 52.6 Å². The Labute approximate surface area is 156 Å². The molecule has 0 fully saturated rings. The Balaban J connectivity index is 1.63. The van der Waals surface area contributed by atoms with E-state index in [2.05, 4.69) is 0 Å². The van der Waals surface area contributed by atoms with Gasteiger partial charge in [0.1, 0.15) is 23.1 Å². The first kappa shape index (κ1) is 18.3. The van der Waals surface area contributed by atoms with E-state index in [1.54, 1.807) is 55.6 Å². The summed E-state index contributed by atoms with van der Waals surface area (Å²) < 4.78 is 24.0. The molecular formula is C22H17FO4. The van der Waals surface area contributed by atoms with Crippen LogP contribution in [0.2, 0.25) is 0 Å². The van der Waals surface area contributed by atoms with Crippen molar-refractivity contribution in [2.75, 3.05) is 7.11 Å². The number of carbonyl (C=O) groups excluding carboxylic acids is 2. The Kier molecular flexibility index (Phi) is 5.61. The van der Waals surface area contributed by atoms with Crippen LogP contribution in [0.3, 0.4) is 0 Å². The fraction of sp³-hybridized carbons (Fsp3) is 0.0909. The Morgan fingerprint density at radius 3 is 1.93 bits per heavy atom. The number of ketones is 2. The van der Waals surface area contributed by atoms with Crippen LogP contribution in [0.25, 0.3) is 0 Å². The van der Waals surface area contributed by atoms with Crippen molar-refractivity contribution in [3.8, 4) is 17.2 Å². The first-order chi connectivity index (χ1) is 13.0. The SMILES string of the molecule is COc1ccc(Oc2ccc(C(=O)CC(=O)c3cccc(F)c3)cc2)cc1. The predicted molar refractivity (Wildman–Crippen MR) is 99.2 cm³/mol. The smallest absolute Gasteiger partial charge is 0.170 e. The molecule has 0 heterocycles. The third-order valence-electron chi connectivity index (χ3n) is 3.94. The number of halogens is 1. The molecule has 136 valence electrons. The lowest BCUT2D eigenvalue weighted by Gasteiger charge is -2.07. The lowest BCUT2D eigenvalue weighted by molar-refractivity contribution is 0.0894. The Morgan fingerprint density at radius 1 is 0.778 bits per heavy atom. The average Bonchev–Trinajstić information content (AvgIpc) is 2.69. The van der Waals surface area contributed by atoms with E-state index in [0.717, 1.165) is 11.8 Å². The van der Waals surface area contributed by atoms with E-state index in [9.17, 15) is 14.0 Å². The maximum Gasteiger partial charge on any atom is 0.170 e. The molecule has 0 aliphatic carbocycles. The number of rotatable bonds is 7. The molecule has 0 aliphatic heterocycles. The number of Topliss-reactive ketones (excluding diaryl/α,β-unsaturated/α-hetero) is 2. The van der Waals surface area contributed by atoms with E-state index in [1.807, 2.05) is 0 Å². The second-order valence-electron chi connectivity index (χ2n) is 5.84. The predicted octanol–water partition coefficient (Wildman–Crippen LogP) is 5.08. The van der Waals surface area contributed by atoms with E-state index in [0.29, 0.717) is 17.1 Å². The van der Waals surface area contributed by atoms with Crippen molar-refractivity contribution in [3.05, 3.63) is 89.7 Å². The van der Waals surface area contributed by atoms with Gasteiger partial charge < -0.3 is 9.47 Å². The second-order valence-corrected chi connectivity index (χ2v) is 5.84. The molecule has 0 saturated heterocycles. The third kappa shape index (κ3) is 4.79. The van der Waals surface area contributed by atoms with Crippen LogP contribution in [-0.2, 0) is 0 Å². The lowest BCUT2D eigenvalue weighted by Crippen LogP contribution is -2.08. The van der Waals surface area contributed by atoms with E-state index < -0.39 is 11.6 Å². The van der Waals surface area contributed by atoms with Crippen molar-refractivity contribution >= 4 is 11.6 Å². The van der Waals surface area contributed by atoms with E-state index in [-0.39, 0.29) is 17.8 Å². The van der Waals surface area contributed by atoms with Crippen LogP contribution in [0.4, 0.5) is 4.39 Å². The Bertz CT molecular complexity index is 947. The number of hydrogen-bond acceptors (Lipinski definition) is 4. The highest BCUT2D eigenvalue weighted by atomic mass is 19.1. The number of ether oxygens (including phenoxy) is 2. The molecule has 4 nitrogen and oxygen atoms in total. The summed E-state index contributed by atoms with van der Waals surface area (Å²) in [5.74, 6) is 0.669. The van der Waals surface area contributed by atoms with Gasteiger partial charge in [-0.1, -0.05) is 12.1 Å². The molecule has 0 bridgehead atoms. The zero-order valence-electron chi connectivity index (χ0n) is 14.6. The van der Waals surface area contributed by atoms with Gasteiger partial charge in [0.05, 0.1) is 13.5 Å². The summed E-state index contributed by atoms with van der Waals surface area (Å²) in [7, 11) is 1.59. The second kappa shape index (κ2) is 8.27. The standard InChI is InChI=1S/C22H17FO4/c1-26-18-9-11-20(12-10-18)27-19-7-5-15(6-8-19)21(24)14-22(25)16-3-2-4-17(23)13-16/h2-13H,14H2,1H3. The van der Waals surface area contributed by atoms with Crippen molar-refractivity contribution in [1.29, 1.82) is 0 Å². The van der Waals surface area contributed by atoms with Crippen molar-refractivity contribution < 1.29 is 23.5 Å². The highest BCUT2D eigenvalue weighted by Crippen LogP contribution is 2.24. The molecule has 0 spiro atoms. The molecule has 0 N–H and O–H groups in total. The minimum Gasteiger partial charge on any atom is -0.497 e. The van der Waals surface area contributed by atoms with Crippen molar-refractivity contribution in [1.82, 2.24) is 0 Å². The van der Waals surface area contributed by atoms with Crippen LogP contribution < -0.4 is 9.47 Å². The van der Waals surface area contributed by atoms with Crippen molar-refractivity contribution in [2.45, 2.75) is 6.42 Å². The minimum atomic E-state index is -0.506. The molecule has 3 aromatic carbocycles. The van der Waals surface area contributed by atoms with Gasteiger partial charge in [0, 0.05) is 11.1 Å². The molecule has 3 rings (SSSR count). The molecule has 27 heavy (non-hydrogen) atoms. The molecule has 0 aromatic heterocycles. The van der Waals surface area contributed by atoms with E-state index >= 15 is 0 Å². The van der Waals surface area contributed by atoms with Gasteiger partial charge in [-0.2, -0.15) is 0 Å². The van der Waals surface area contributed by atoms with Crippen LogP contribution in [0.15, 0.2) is 72.8 Å². The highest BCUT2D eigenvalue weighted by Gasteiger charge is 2.14. The van der Waals surface area contributed by atoms with E-state index in [4.69, 9.17) is 9.47 Å².